The van der Waals surface area contributed by atoms with Crippen LogP contribution in [0.5, 0.6) is 0 Å². The highest BCUT2D eigenvalue weighted by Crippen LogP contribution is 2.40. The van der Waals surface area contributed by atoms with Crippen molar-refractivity contribution >= 4 is 44.2 Å². The monoisotopic (exact) mass is 484 g/mol. The number of sulfonamides is 1. The third-order valence-corrected chi connectivity index (χ3v) is 6.66. The molecule has 32 heavy (non-hydrogen) atoms. The van der Waals surface area contributed by atoms with Crippen molar-refractivity contribution in [2.24, 2.45) is 11.1 Å². The molecule has 1 aliphatic carbocycles. The molecular formula is C20H24N2O8S2. The summed E-state index contributed by atoms with van der Waals surface area (Å²) in [5.41, 5.74) is 1.23. The van der Waals surface area contributed by atoms with E-state index in [9.17, 15) is 22.8 Å². The molecule has 0 fully saturated rings. The van der Waals surface area contributed by atoms with E-state index in [0.29, 0.717) is 22.9 Å². The number of thiophene rings is 1. The second kappa shape index (κ2) is 9.43. The van der Waals surface area contributed by atoms with Crippen LogP contribution in [0.15, 0.2) is 21.6 Å². The molecule has 0 bridgehead atoms. The minimum absolute atomic E-state index is 0.319. The van der Waals surface area contributed by atoms with Gasteiger partial charge >= 0.3 is 11.9 Å². The van der Waals surface area contributed by atoms with E-state index in [2.05, 4.69) is 12.2 Å². The van der Waals surface area contributed by atoms with Gasteiger partial charge in [-0.05, 0) is 56.7 Å². The van der Waals surface area contributed by atoms with E-state index in [4.69, 9.17) is 19.0 Å². The predicted molar refractivity (Wildman–Crippen MR) is 115 cm³/mol. The maximum Gasteiger partial charge on any atom is 0.374 e. The highest BCUT2D eigenvalue weighted by atomic mass is 32.2. The number of carbonyl (C=O) groups excluding carboxylic acids is 3. The van der Waals surface area contributed by atoms with E-state index in [1.54, 1.807) is 13.8 Å². The number of fused-ring (bicyclic) bond motifs is 1. The number of amides is 1. The number of carbonyl (C=O) groups is 3. The Bertz CT molecular complexity index is 1150. The minimum atomic E-state index is -4.11. The fourth-order valence-corrected chi connectivity index (χ4v) is 5.15. The van der Waals surface area contributed by atoms with Crippen molar-refractivity contribution in [1.29, 1.82) is 0 Å². The van der Waals surface area contributed by atoms with Gasteiger partial charge in [0.1, 0.15) is 5.00 Å². The number of rotatable bonds is 7. The number of primary sulfonamides is 1. The number of furan rings is 1. The molecule has 0 spiro atoms. The van der Waals surface area contributed by atoms with Crippen molar-refractivity contribution in [2.75, 3.05) is 11.9 Å². The maximum absolute atomic E-state index is 12.7. The molecule has 0 radical (unpaired) electrons. The van der Waals surface area contributed by atoms with Gasteiger partial charge in [0.15, 0.2) is 6.61 Å². The zero-order chi connectivity index (χ0) is 23.6. The second-order valence-electron chi connectivity index (χ2n) is 7.80. The van der Waals surface area contributed by atoms with Gasteiger partial charge in [0, 0.05) is 4.88 Å². The Morgan fingerprint density at radius 2 is 2.00 bits per heavy atom. The van der Waals surface area contributed by atoms with Crippen LogP contribution in [0.25, 0.3) is 0 Å². The number of nitrogens with one attached hydrogen (secondary N) is 1. The van der Waals surface area contributed by atoms with Crippen molar-refractivity contribution in [3.05, 3.63) is 33.9 Å². The van der Waals surface area contributed by atoms with E-state index in [-0.39, 0.29) is 6.10 Å². The molecule has 2 aromatic rings. The number of ether oxygens (including phenoxy) is 2. The summed E-state index contributed by atoms with van der Waals surface area (Å²) < 4.78 is 37.5. The lowest BCUT2D eigenvalue weighted by Crippen LogP contribution is -2.22. The Balaban J connectivity index is 1.71. The molecule has 0 aliphatic heterocycles. The molecule has 1 aliphatic rings. The Kier molecular flexibility index (Phi) is 7.06. The summed E-state index contributed by atoms with van der Waals surface area (Å²) in [6, 6.07) is 2.09. The van der Waals surface area contributed by atoms with Crippen LogP contribution >= 0.6 is 11.3 Å². The Morgan fingerprint density at radius 1 is 1.28 bits per heavy atom. The Morgan fingerprint density at radius 3 is 2.62 bits per heavy atom. The highest BCUT2D eigenvalue weighted by Gasteiger charge is 2.30. The van der Waals surface area contributed by atoms with Crippen LogP contribution in [-0.4, -0.2) is 39.0 Å². The molecule has 3 rings (SSSR count). The van der Waals surface area contributed by atoms with Crippen LogP contribution in [0.4, 0.5) is 5.00 Å². The Hall–Kier alpha value is -2.70. The van der Waals surface area contributed by atoms with E-state index in [0.717, 1.165) is 35.4 Å². The summed E-state index contributed by atoms with van der Waals surface area (Å²) in [4.78, 5) is 38.1. The third-order valence-electron chi connectivity index (χ3n) is 4.71. The molecule has 2 aromatic heterocycles. The van der Waals surface area contributed by atoms with Crippen molar-refractivity contribution in [1.82, 2.24) is 0 Å². The van der Waals surface area contributed by atoms with Gasteiger partial charge < -0.3 is 19.2 Å². The molecule has 1 amide bonds. The molecular weight excluding hydrogens is 460 g/mol. The number of hydrogen-bond acceptors (Lipinski definition) is 9. The van der Waals surface area contributed by atoms with Crippen LogP contribution in [0.2, 0.25) is 0 Å². The number of hydrogen-bond donors (Lipinski definition) is 2. The summed E-state index contributed by atoms with van der Waals surface area (Å²) in [6.07, 6.45) is 2.13. The molecule has 1 atom stereocenters. The van der Waals surface area contributed by atoms with Gasteiger partial charge in [-0.15, -0.1) is 11.3 Å². The van der Waals surface area contributed by atoms with Crippen molar-refractivity contribution in [3.63, 3.8) is 0 Å². The first-order valence-corrected chi connectivity index (χ1v) is 12.3. The predicted octanol–water partition coefficient (Wildman–Crippen LogP) is 2.47. The summed E-state index contributed by atoms with van der Waals surface area (Å²) >= 11 is 1.31. The average Bonchev–Trinajstić information content (AvgIpc) is 3.30. The van der Waals surface area contributed by atoms with Gasteiger partial charge in [-0.1, -0.05) is 6.92 Å². The van der Waals surface area contributed by atoms with Crippen molar-refractivity contribution in [3.8, 4) is 0 Å². The molecule has 2 heterocycles. The Labute approximate surface area is 189 Å². The fraction of sp³-hybridized carbons (Fsp3) is 0.450. The van der Waals surface area contributed by atoms with Crippen LogP contribution in [0.3, 0.4) is 0 Å². The third kappa shape index (κ3) is 5.56. The number of anilines is 1. The minimum Gasteiger partial charge on any atom is -0.459 e. The first kappa shape index (κ1) is 24.0. The van der Waals surface area contributed by atoms with Gasteiger partial charge in [-0.2, -0.15) is 0 Å². The average molecular weight is 485 g/mol. The van der Waals surface area contributed by atoms with Crippen LogP contribution in [0.1, 0.15) is 58.5 Å². The van der Waals surface area contributed by atoms with E-state index >= 15 is 0 Å². The van der Waals surface area contributed by atoms with Crippen LogP contribution in [-0.2, 0) is 37.1 Å². The zero-order valence-corrected chi connectivity index (χ0v) is 19.4. The molecule has 174 valence electrons. The normalized spacial score (nSPS) is 15.8. The van der Waals surface area contributed by atoms with Gasteiger partial charge in [-0.3, -0.25) is 4.79 Å². The lowest BCUT2D eigenvalue weighted by molar-refractivity contribution is -0.119. The smallest absolute Gasteiger partial charge is 0.374 e. The van der Waals surface area contributed by atoms with Crippen molar-refractivity contribution in [2.45, 2.75) is 51.2 Å². The highest BCUT2D eigenvalue weighted by molar-refractivity contribution is 7.89. The molecule has 0 saturated carbocycles. The summed E-state index contributed by atoms with van der Waals surface area (Å²) in [5, 5.41) is 7.31. The largest absolute Gasteiger partial charge is 0.459 e. The quantitative estimate of drug-likeness (QED) is 0.568. The molecule has 10 nitrogen and oxygen atoms in total. The second-order valence-corrected chi connectivity index (χ2v) is 10.4. The lowest BCUT2D eigenvalue weighted by Gasteiger charge is -2.18. The van der Waals surface area contributed by atoms with E-state index < -0.39 is 45.3 Å². The molecule has 1 unspecified atom stereocenters. The first-order chi connectivity index (χ1) is 15.0. The molecule has 0 aromatic carbocycles. The molecule has 0 saturated heterocycles. The van der Waals surface area contributed by atoms with Gasteiger partial charge in [0.2, 0.25) is 10.9 Å². The number of esters is 2. The number of nitrogens with two attached hydrogens (primary N) is 1. The van der Waals surface area contributed by atoms with Crippen LogP contribution < -0.4 is 10.5 Å². The standard InChI is InChI=1S/C20H24N2O8S2/c1-10(2)29-20(25)17-12-5-4-11(3)8-14(12)31-18(17)22-15(23)9-28-19(24)13-6-7-16(30-13)32(21,26)27/h6-7,10-11H,4-5,8-9H2,1-3H3,(H,22,23)(H2,21,26,27). The summed E-state index contributed by atoms with van der Waals surface area (Å²) in [7, 11) is -4.11. The first-order valence-electron chi connectivity index (χ1n) is 9.90. The fourth-order valence-electron chi connectivity index (χ4n) is 3.28. The summed E-state index contributed by atoms with van der Waals surface area (Å²) in [6.45, 7) is 4.95. The molecule has 12 heteroatoms. The van der Waals surface area contributed by atoms with Gasteiger partial charge in [-0.25, -0.2) is 23.1 Å². The topological polar surface area (TPSA) is 155 Å². The van der Waals surface area contributed by atoms with E-state index in [1.165, 1.54) is 11.3 Å². The summed E-state index contributed by atoms with van der Waals surface area (Å²) in [5.74, 6) is -2.15. The SMILES string of the molecule is CC1CCc2c(sc(NC(=O)COC(=O)c3ccc(S(N)(=O)=O)o3)c2C(=O)OC(C)C)C1. The van der Waals surface area contributed by atoms with Crippen LogP contribution in [0, 0.1) is 5.92 Å². The zero-order valence-electron chi connectivity index (χ0n) is 17.8. The van der Waals surface area contributed by atoms with Crippen molar-refractivity contribution < 1.29 is 36.7 Å². The maximum atomic E-state index is 12.7. The van der Waals surface area contributed by atoms with E-state index in [1.807, 2.05) is 0 Å². The lowest BCUT2D eigenvalue weighted by atomic mass is 9.88. The van der Waals surface area contributed by atoms with Gasteiger partial charge in [0.25, 0.3) is 15.9 Å². The van der Waals surface area contributed by atoms with Gasteiger partial charge in [0.05, 0.1) is 11.7 Å². The molecule has 3 N–H and O–H groups in total.